The van der Waals surface area contributed by atoms with Crippen molar-refractivity contribution in [2.45, 2.75) is 11.8 Å². The molecule has 30 heavy (non-hydrogen) atoms. The zero-order valence-corrected chi connectivity index (χ0v) is 20.9. The molecular weight excluding hydrogens is 563 g/mol. The first-order valence-electron chi connectivity index (χ1n) is 9.63. The van der Waals surface area contributed by atoms with E-state index in [1.165, 1.54) is 22.3 Å². The van der Waals surface area contributed by atoms with Crippen LogP contribution in [0.15, 0.2) is 110 Å². The van der Waals surface area contributed by atoms with Crippen LogP contribution in [-0.4, -0.2) is 7.85 Å². The van der Waals surface area contributed by atoms with Gasteiger partial charge in [0.2, 0.25) is 0 Å². The van der Waals surface area contributed by atoms with E-state index in [-0.39, 0.29) is 11.8 Å². The molecule has 0 heterocycles. The van der Waals surface area contributed by atoms with Gasteiger partial charge < -0.3 is 0 Å². The number of benzene rings is 4. The minimum Gasteiger partial charge on any atom is -0.0967 e. The lowest BCUT2D eigenvalue weighted by atomic mass is 9.73. The van der Waals surface area contributed by atoms with Gasteiger partial charge in [-0.3, -0.25) is 0 Å². The van der Waals surface area contributed by atoms with Gasteiger partial charge in [0.15, 0.2) is 0 Å². The molecule has 0 nitrogen and oxygen atoms in total. The molecule has 0 bridgehead atoms. The van der Waals surface area contributed by atoms with Crippen molar-refractivity contribution >= 4 is 61.1 Å². The Bertz CT molecular complexity index is 919. The molecule has 1 atom stereocenters. The number of hydrogen-bond donors (Lipinski definition) is 0. The summed E-state index contributed by atoms with van der Waals surface area (Å²) in [7, 11) is 6.00. The Balaban J connectivity index is 1.93. The van der Waals surface area contributed by atoms with Crippen molar-refractivity contribution in [3.05, 3.63) is 133 Å². The third-order valence-electron chi connectivity index (χ3n) is 5.32. The van der Waals surface area contributed by atoms with Crippen molar-refractivity contribution in [2.24, 2.45) is 0 Å². The first kappa shape index (κ1) is 21.6. The van der Waals surface area contributed by atoms with Gasteiger partial charge in [-0.05, 0) is 58.7 Å². The van der Waals surface area contributed by atoms with Crippen LogP contribution in [-0.2, 0) is 0 Å². The Hall–Kier alpha value is -1.62. The minimum atomic E-state index is 0.140. The second kappa shape index (κ2) is 9.68. The van der Waals surface area contributed by atoms with Gasteiger partial charge in [-0.25, -0.2) is 0 Å². The molecule has 0 aliphatic carbocycles. The Morgan fingerprint density at radius 2 is 0.633 bits per heavy atom. The highest BCUT2D eigenvalue weighted by Gasteiger charge is 2.28. The summed E-state index contributed by atoms with van der Waals surface area (Å²) < 4.78 is 3.23. The fourth-order valence-corrected chi connectivity index (χ4v) is 4.66. The molecule has 0 amide bonds. The van der Waals surface area contributed by atoms with Crippen LogP contribution in [0.25, 0.3) is 0 Å². The van der Waals surface area contributed by atoms with Gasteiger partial charge in [-0.1, -0.05) is 114 Å². The highest BCUT2D eigenvalue weighted by molar-refractivity contribution is 9.11. The van der Waals surface area contributed by atoms with Crippen LogP contribution in [0.2, 0.25) is 0 Å². The Morgan fingerprint density at radius 3 is 0.900 bits per heavy atom. The van der Waals surface area contributed by atoms with E-state index in [0.29, 0.717) is 0 Å². The van der Waals surface area contributed by atoms with E-state index in [9.17, 15) is 0 Å². The molecular formula is C26H18BBr3. The molecule has 0 aromatic heterocycles. The summed E-state index contributed by atoms with van der Waals surface area (Å²) in [6.45, 7) is 0. The smallest absolute Gasteiger partial charge is 0.0967 e. The van der Waals surface area contributed by atoms with E-state index in [2.05, 4.69) is 133 Å². The average Bonchev–Trinajstić information content (AvgIpc) is 2.75. The SMILES string of the molecule is [B]c1ccc(C(c2ccc(Br)cc2)C(c2ccc(Br)cc2)c2ccc(Br)cc2)cc1. The second-order valence-electron chi connectivity index (χ2n) is 7.28. The largest absolute Gasteiger partial charge is 0.113 e. The summed E-state index contributed by atoms with van der Waals surface area (Å²) in [5, 5.41) is 0. The predicted molar refractivity (Wildman–Crippen MR) is 138 cm³/mol. The summed E-state index contributed by atoms with van der Waals surface area (Å²) in [5.41, 5.74) is 5.81. The number of hydrogen-bond acceptors (Lipinski definition) is 0. The first-order valence-corrected chi connectivity index (χ1v) is 12.0. The van der Waals surface area contributed by atoms with Crippen LogP contribution in [0.3, 0.4) is 0 Å². The average molecular weight is 581 g/mol. The van der Waals surface area contributed by atoms with Gasteiger partial charge in [0.1, 0.15) is 7.85 Å². The van der Waals surface area contributed by atoms with Crippen LogP contribution in [0.5, 0.6) is 0 Å². The normalized spacial score (nSPS) is 12.1. The van der Waals surface area contributed by atoms with E-state index in [4.69, 9.17) is 7.85 Å². The molecule has 0 saturated carbocycles. The lowest BCUT2D eigenvalue weighted by Gasteiger charge is -2.30. The van der Waals surface area contributed by atoms with Crippen LogP contribution >= 0.6 is 47.8 Å². The van der Waals surface area contributed by atoms with Gasteiger partial charge in [0, 0.05) is 25.3 Å². The number of halogens is 3. The zero-order valence-electron chi connectivity index (χ0n) is 16.1. The van der Waals surface area contributed by atoms with Gasteiger partial charge in [-0.15, -0.1) is 0 Å². The summed E-state index contributed by atoms with van der Waals surface area (Å²) >= 11 is 10.7. The Morgan fingerprint density at radius 1 is 0.400 bits per heavy atom. The van der Waals surface area contributed by atoms with E-state index >= 15 is 0 Å². The van der Waals surface area contributed by atoms with Crippen LogP contribution in [0.1, 0.15) is 34.1 Å². The second-order valence-corrected chi connectivity index (χ2v) is 10.0. The van der Waals surface area contributed by atoms with Gasteiger partial charge >= 0.3 is 0 Å². The molecule has 1 unspecified atom stereocenters. The lowest BCUT2D eigenvalue weighted by molar-refractivity contribution is 0.694. The molecule has 4 aromatic carbocycles. The van der Waals surface area contributed by atoms with Crippen molar-refractivity contribution in [1.82, 2.24) is 0 Å². The van der Waals surface area contributed by atoms with E-state index in [1.807, 2.05) is 12.1 Å². The van der Waals surface area contributed by atoms with Crippen molar-refractivity contribution in [2.75, 3.05) is 0 Å². The molecule has 0 spiro atoms. The summed E-state index contributed by atoms with van der Waals surface area (Å²) in [5.74, 6) is 0.289. The van der Waals surface area contributed by atoms with Crippen molar-refractivity contribution < 1.29 is 0 Å². The van der Waals surface area contributed by atoms with Crippen LogP contribution < -0.4 is 5.46 Å². The van der Waals surface area contributed by atoms with Crippen molar-refractivity contribution in [3.8, 4) is 0 Å². The molecule has 0 saturated heterocycles. The maximum Gasteiger partial charge on any atom is 0.113 e. The molecule has 146 valence electrons. The Labute approximate surface area is 204 Å². The summed E-state index contributed by atoms with van der Waals surface area (Å²) in [6, 6.07) is 34.2. The highest BCUT2D eigenvalue weighted by atomic mass is 79.9. The Kier molecular flexibility index (Phi) is 6.97. The third kappa shape index (κ3) is 4.99. The standard InChI is InChI=1S/C26H18BBr3/c27-21-9-1-17(2-10-21)25(18-3-11-22(28)12-4-18)26(19-5-13-23(29)14-6-19)20-7-15-24(30)16-8-20/h1-16,25-26H. The molecule has 4 heteroatoms. The third-order valence-corrected chi connectivity index (χ3v) is 6.90. The molecule has 2 radical (unpaired) electrons. The fraction of sp³-hybridized carbons (Fsp3) is 0.0769. The maximum absolute atomic E-state index is 6.00. The zero-order chi connectivity index (χ0) is 21.1. The fourth-order valence-electron chi connectivity index (χ4n) is 3.87. The van der Waals surface area contributed by atoms with E-state index < -0.39 is 0 Å². The predicted octanol–water partition coefficient (Wildman–Crippen LogP) is 7.73. The molecule has 4 aromatic rings. The molecule has 0 N–H and O–H groups in total. The topological polar surface area (TPSA) is 0 Å². The first-order chi connectivity index (χ1) is 14.5. The lowest BCUT2D eigenvalue weighted by Crippen LogP contribution is -2.15. The van der Waals surface area contributed by atoms with Crippen molar-refractivity contribution in [3.63, 3.8) is 0 Å². The molecule has 4 rings (SSSR count). The highest BCUT2D eigenvalue weighted by Crippen LogP contribution is 2.43. The number of rotatable bonds is 5. The van der Waals surface area contributed by atoms with E-state index in [0.717, 1.165) is 18.9 Å². The van der Waals surface area contributed by atoms with Crippen LogP contribution in [0.4, 0.5) is 0 Å². The molecule has 0 aliphatic rings. The van der Waals surface area contributed by atoms with Gasteiger partial charge in [0.05, 0.1) is 0 Å². The monoisotopic (exact) mass is 578 g/mol. The van der Waals surface area contributed by atoms with E-state index in [1.54, 1.807) is 0 Å². The summed E-state index contributed by atoms with van der Waals surface area (Å²) in [6.07, 6.45) is 0. The van der Waals surface area contributed by atoms with Crippen molar-refractivity contribution in [1.29, 1.82) is 0 Å². The maximum atomic E-state index is 6.00. The molecule has 0 fully saturated rings. The molecule has 0 aliphatic heterocycles. The van der Waals surface area contributed by atoms with Gasteiger partial charge in [0.25, 0.3) is 0 Å². The van der Waals surface area contributed by atoms with Crippen LogP contribution in [0, 0.1) is 0 Å². The quantitative estimate of drug-likeness (QED) is 0.212. The summed E-state index contributed by atoms with van der Waals surface area (Å²) in [4.78, 5) is 0. The minimum absolute atomic E-state index is 0.140. The van der Waals surface area contributed by atoms with Gasteiger partial charge in [-0.2, -0.15) is 0 Å².